The number of amides is 3. The molecular formula is C22H27N3O3S. The Morgan fingerprint density at radius 1 is 1.07 bits per heavy atom. The van der Waals surface area contributed by atoms with Crippen LogP contribution in [-0.2, 0) is 22.6 Å². The number of rotatable bonds is 5. The number of hydrogen-bond donors (Lipinski definition) is 2. The first-order chi connectivity index (χ1) is 14.2. The quantitative estimate of drug-likeness (QED) is 0.792. The van der Waals surface area contributed by atoms with E-state index in [0.717, 1.165) is 23.3 Å². The molecule has 2 N–H and O–H groups in total. The van der Waals surface area contributed by atoms with Gasteiger partial charge in [0.05, 0.1) is 12.5 Å². The number of thiophene rings is 1. The molecule has 0 aliphatic carbocycles. The highest BCUT2D eigenvalue weighted by molar-refractivity contribution is 7.09. The van der Waals surface area contributed by atoms with E-state index in [-0.39, 0.29) is 23.3 Å². The van der Waals surface area contributed by atoms with Crippen LogP contribution in [-0.4, -0.2) is 43.1 Å². The molecule has 2 fully saturated rings. The lowest BCUT2D eigenvalue weighted by Gasteiger charge is -2.37. The molecule has 2 aromatic rings. The van der Waals surface area contributed by atoms with Gasteiger partial charge >= 0.3 is 6.03 Å². The Labute approximate surface area is 175 Å². The monoisotopic (exact) mass is 413 g/mol. The van der Waals surface area contributed by atoms with Crippen molar-refractivity contribution < 1.29 is 14.3 Å². The Bertz CT molecular complexity index is 819. The molecule has 4 rings (SSSR count). The Hall–Kier alpha value is -2.38. The zero-order chi connectivity index (χ0) is 20.1. The first kappa shape index (κ1) is 19.9. The molecule has 2 saturated heterocycles. The molecule has 3 amide bonds. The van der Waals surface area contributed by atoms with Crippen LogP contribution in [0.5, 0.6) is 0 Å². The number of benzene rings is 1. The second-order valence-corrected chi connectivity index (χ2v) is 8.88. The van der Waals surface area contributed by atoms with Crippen LogP contribution >= 0.6 is 11.3 Å². The molecule has 2 aliphatic rings. The van der Waals surface area contributed by atoms with Crippen molar-refractivity contribution in [3.8, 4) is 0 Å². The van der Waals surface area contributed by atoms with Crippen molar-refractivity contribution >= 4 is 23.3 Å². The van der Waals surface area contributed by atoms with Crippen LogP contribution in [0.25, 0.3) is 0 Å². The SMILES string of the molecule is O=C(NCc1cccs1)C1CN(C(=O)NCc2ccccc2)CC12CCOCC2. The van der Waals surface area contributed by atoms with Gasteiger partial charge in [-0.25, -0.2) is 4.79 Å². The molecular weight excluding hydrogens is 386 g/mol. The predicted molar refractivity (Wildman–Crippen MR) is 112 cm³/mol. The highest BCUT2D eigenvalue weighted by Crippen LogP contribution is 2.44. The van der Waals surface area contributed by atoms with Gasteiger partial charge in [-0.05, 0) is 29.9 Å². The minimum absolute atomic E-state index is 0.0404. The predicted octanol–water partition coefficient (Wildman–Crippen LogP) is 3.00. The van der Waals surface area contributed by atoms with Crippen LogP contribution < -0.4 is 10.6 Å². The average molecular weight is 414 g/mol. The van der Waals surface area contributed by atoms with Crippen molar-refractivity contribution in [2.24, 2.45) is 11.3 Å². The van der Waals surface area contributed by atoms with Gasteiger partial charge in [-0.15, -0.1) is 11.3 Å². The zero-order valence-electron chi connectivity index (χ0n) is 16.4. The standard InChI is InChI=1S/C22H27N3O3S/c26-20(23-14-18-7-4-12-29-18)19-15-25(16-22(19)8-10-28-11-9-22)21(27)24-13-17-5-2-1-3-6-17/h1-7,12,19H,8-11,13-16H2,(H,23,26)(H,24,27). The summed E-state index contributed by atoms with van der Waals surface area (Å²) < 4.78 is 5.56. The van der Waals surface area contributed by atoms with Gasteiger partial charge in [0, 0.05) is 43.1 Å². The fourth-order valence-electron chi connectivity index (χ4n) is 4.37. The number of carbonyl (C=O) groups is 2. The second kappa shape index (κ2) is 8.97. The number of likely N-dealkylation sites (tertiary alicyclic amines) is 1. The smallest absolute Gasteiger partial charge is 0.317 e. The van der Waals surface area contributed by atoms with E-state index in [9.17, 15) is 9.59 Å². The van der Waals surface area contributed by atoms with Crippen molar-refractivity contribution in [2.75, 3.05) is 26.3 Å². The first-order valence-electron chi connectivity index (χ1n) is 10.1. The Balaban J connectivity index is 1.40. The lowest BCUT2D eigenvalue weighted by molar-refractivity contribution is -0.130. The molecule has 1 aromatic carbocycles. The third-order valence-corrected chi connectivity index (χ3v) is 6.92. The van der Waals surface area contributed by atoms with E-state index in [1.807, 2.05) is 52.7 Å². The van der Waals surface area contributed by atoms with Crippen LogP contribution in [0.3, 0.4) is 0 Å². The summed E-state index contributed by atoms with van der Waals surface area (Å²) in [6, 6.07) is 13.8. The van der Waals surface area contributed by atoms with Crippen molar-refractivity contribution in [1.29, 1.82) is 0 Å². The molecule has 1 aromatic heterocycles. The van der Waals surface area contributed by atoms with E-state index in [4.69, 9.17) is 4.74 Å². The molecule has 2 aliphatic heterocycles. The number of carbonyl (C=O) groups excluding carboxylic acids is 2. The number of urea groups is 1. The number of nitrogens with one attached hydrogen (secondary N) is 2. The summed E-state index contributed by atoms with van der Waals surface area (Å²) in [5, 5.41) is 8.10. The molecule has 1 atom stereocenters. The maximum absolute atomic E-state index is 13.1. The third-order valence-electron chi connectivity index (χ3n) is 6.04. The van der Waals surface area contributed by atoms with Crippen LogP contribution in [0.1, 0.15) is 23.3 Å². The van der Waals surface area contributed by atoms with Crippen molar-refractivity contribution in [1.82, 2.24) is 15.5 Å². The summed E-state index contributed by atoms with van der Waals surface area (Å²) in [6.07, 6.45) is 1.62. The van der Waals surface area contributed by atoms with Gasteiger partial charge in [0.2, 0.25) is 5.91 Å². The molecule has 0 saturated carbocycles. The highest BCUT2D eigenvalue weighted by Gasteiger charge is 2.51. The van der Waals surface area contributed by atoms with Gasteiger partial charge in [0.15, 0.2) is 0 Å². The van der Waals surface area contributed by atoms with Crippen LogP contribution in [0.4, 0.5) is 4.79 Å². The Morgan fingerprint density at radius 3 is 2.59 bits per heavy atom. The molecule has 3 heterocycles. The van der Waals surface area contributed by atoms with Gasteiger partial charge in [-0.1, -0.05) is 36.4 Å². The van der Waals surface area contributed by atoms with E-state index in [2.05, 4.69) is 10.6 Å². The number of nitrogens with zero attached hydrogens (tertiary/aromatic N) is 1. The molecule has 0 radical (unpaired) electrons. The number of hydrogen-bond acceptors (Lipinski definition) is 4. The lowest BCUT2D eigenvalue weighted by atomic mass is 9.72. The van der Waals surface area contributed by atoms with Crippen molar-refractivity contribution in [2.45, 2.75) is 25.9 Å². The van der Waals surface area contributed by atoms with Gasteiger partial charge < -0.3 is 20.3 Å². The molecule has 154 valence electrons. The summed E-state index contributed by atoms with van der Waals surface area (Å²) in [5.74, 6) is -0.160. The van der Waals surface area contributed by atoms with Gasteiger partial charge in [0.1, 0.15) is 0 Å². The summed E-state index contributed by atoms with van der Waals surface area (Å²) in [4.78, 5) is 28.8. The van der Waals surface area contributed by atoms with E-state index >= 15 is 0 Å². The van der Waals surface area contributed by atoms with Gasteiger partial charge in [0.25, 0.3) is 0 Å². The molecule has 29 heavy (non-hydrogen) atoms. The molecule has 1 unspecified atom stereocenters. The van der Waals surface area contributed by atoms with Crippen LogP contribution in [0.15, 0.2) is 47.8 Å². The molecule has 7 heteroatoms. The molecule has 1 spiro atoms. The first-order valence-corrected chi connectivity index (χ1v) is 11.0. The Kier molecular flexibility index (Phi) is 6.16. The highest BCUT2D eigenvalue weighted by atomic mass is 32.1. The summed E-state index contributed by atoms with van der Waals surface area (Å²) in [7, 11) is 0. The lowest BCUT2D eigenvalue weighted by Crippen LogP contribution is -2.44. The largest absolute Gasteiger partial charge is 0.381 e. The number of ether oxygens (including phenoxy) is 1. The van der Waals surface area contributed by atoms with Gasteiger partial charge in [-0.3, -0.25) is 4.79 Å². The Morgan fingerprint density at radius 2 is 1.86 bits per heavy atom. The van der Waals surface area contributed by atoms with E-state index in [1.54, 1.807) is 11.3 Å². The zero-order valence-corrected chi connectivity index (χ0v) is 17.2. The molecule has 6 nitrogen and oxygen atoms in total. The normalized spacial score (nSPS) is 20.6. The van der Waals surface area contributed by atoms with Crippen LogP contribution in [0.2, 0.25) is 0 Å². The fraction of sp³-hybridized carbons (Fsp3) is 0.455. The average Bonchev–Trinajstić information content (AvgIpc) is 3.40. The maximum atomic E-state index is 13.1. The van der Waals surface area contributed by atoms with E-state index in [0.29, 0.717) is 39.4 Å². The summed E-state index contributed by atoms with van der Waals surface area (Å²) >= 11 is 1.64. The molecule has 0 bridgehead atoms. The fourth-order valence-corrected chi connectivity index (χ4v) is 5.01. The van der Waals surface area contributed by atoms with Crippen LogP contribution in [0, 0.1) is 11.3 Å². The second-order valence-electron chi connectivity index (χ2n) is 7.85. The van der Waals surface area contributed by atoms with E-state index < -0.39 is 0 Å². The maximum Gasteiger partial charge on any atom is 0.317 e. The summed E-state index contributed by atoms with van der Waals surface area (Å²) in [6.45, 7) is 3.38. The summed E-state index contributed by atoms with van der Waals surface area (Å²) in [5.41, 5.74) is 0.869. The van der Waals surface area contributed by atoms with Crippen molar-refractivity contribution in [3.63, 3.8) is 0 Å². The third kappa shape index (κ3) is 4.62. The van der Waals surface area contributed by atoms with E-state index in [1.165, 1.54) is 0 Å². The minimum atomic E-state index is -0.200. The van der Waals surface area contributed by atoms with Gasteiger partial charge in [-0.2, -0.15) is 0 Å². The van der Waals surface area contributed by atoms with Crippen molar-refractivity contribution in [3.05, 3.63) is 58.3 Å². The minimum Gasteiger partial charge on any atom is -0.381 e. The topological polar surface area (TPSA) is 70.7 Å².